The minimum absolute atomic E-state index is 0.0214. The number of aliphatic hydroxyl groups is 1. The molecular formula is C27H31N3O4. The molecule has 34 heavy (non-hydrogen) atoms. The van der Waals surface area contributed by atoms with E-state index in [0.29, 0.717) is 31.7 Å². The second-order valence-electron chi connectivity index (χ2n) is 8.97. The maximum absolute atomic E-state index is 12.0. The van der Waals surface area contributed by atoms with Crippen molar-refractivity contribution in [2.75, 3.05) is 26.7 Å². The molecule has 0 amide bonds. The predicted octanol–water partition coefficient (Wildman–Crippen LogP) is 3.47. The van der Waals surface area contributed by atoms with E-state index in [0.717, 1.165) is 35.0 Å². The van der Waals surface area contributed by atoms with Crippen molar-refractivity contribution >= 4 is 16.9 Å². The van der Waals surface area contributed by atoms with Crippen LogP contribution >= 0.6 is 0 Å². The second-order valence-corrected chi connectivity index (χ2v) is 8.97. The Labute approximate surface area is 200 Å². The van der Waals surface area contributed by atoms with E-state index in [2.05, 4.69) is 21.7 Å². The van der Waals surface area contributed by atoms with Crippen LogP contribution < -0.4 is 4.74 Å². The fourth-order valence-corrected chi connectivity index (χ4v) is 4.76. The Morgan fingerprint density at radius 3 is 2.91 bits per heavy atom. The number of piperidine rings is 1. The SMILES string of the molecule is COc1ccc2nccc([C@@H](O)CC[C@@H]3CCN(CC#Cc4ccn(C)c4)C[C@@H]3C(=O)O)c2c1. The molecule has 0 aliphatic carbocycles. The van der Waals surface area contributed by atoms with Crippen LogP contribution in [0.25, 0.3) is 10.9 Å². The molecule has 2 N–H and O–H groups in total. The number of nitrogens with zero attached hydrogens (tertiary/aromatic N) is 3. The van der Waals surface area contributed by atoms with Gasteiger partial charge in [-0.05, 0) is 67.6 Å². The highest BCUT2D eigenvalue weighted by molar-refractivity contribution is 5.83. The number of pyridine rings is 1. The lowest BCUT2D eigenvalue weighted by molar-refractivity contribution is -0.146. The van der Waals surface area contributed by atoms with Crippen molar-refractivity contribution in [3.05, 3.63) is 60.0 Å². The van der Waals surface area contributed by atoms with Gasteiger partial charge in [-0.25, -0.2) is 0 Å². The molecule has 3 aromatic rings. The number of methoxy groups -OCH3 is 1. The van der Waals surface area contributed by atoms with Crippen LogP contribution in [0.15, 0.2) is 48.9 Å². The zero-order valence-electron chi connectivity index (χ0n) is 19.6. The number of ether oxygens (including phenoxy) is 1. The molecule has 7 nitrogen and oxygen atoms in total. The first-order chi connectivity index (χ1) is 16.4. The van der Waals surface area contributed by atoms with Crippen molar-refractivity contribution in [3.63, 3.8) is 0 Å². The Morgan fingerprint density at radius 2 is 2.18 bits per heavy atom. The van der Waals surface area contributed by atoms with Crippen molar-refractivity contribution in [1.29, 1.82) is 0 Å². The Bertz CT molecular complexity index is 1210. The van der Waals surface area contributed by atoms with Crippen LogP contribution in [0.3, 0.4) is 0 Å². The molecule has 0 bridgehead atoms. The number of carboxylic acids is 1. The number of aromatic nitrogens is 2. The molecule has 2 aromatic heterocycles. The van der Waals surface area contributed by atoms with Gasteiger partial charge in [-0.2, -0.15) is 0 Å². The maximum atomic E-state index is 12.0. The lowest BCUT2D eigenvalue weighted by Gasteiger charge is -2.36. The molecule has 0 radical (unpaired) electrons. The number of carboxylic acid groups (broad SMARTS) is 1. The van der Waals surface area contributed by atoms with Crippen molar-refractivity contribution in [3.8, 4) is 17.6 Å². The van der Waals surface area contributed by atoms with Crippen LogP contribution in [0.1, 0.15) is 36.5 Å². The van der Waals surface area contributed by atoms with E-state index in [1.165, 1.54) is 0 Å². The first-order valence-corrected chi connectivity index (χ1v) is 11.6. The van der Waals surface area contributed by atoms with Crippen LogP contribution in [0, 0.1) is 23.7 Å². The monoisotopic (exact) mass is 461 g/mol. The van der Waals surface area contributed by atoms with Gasteiger partial charge < -0.3 is 19.5 Å². The topological polar surface area (TPSA) is 87.8 Å². The molecule has 1 fully saturated rings. The number of likely N-dealkylation sites (tertiary alicyclic amines) is 1. The Kier molecular flexibility index (Phi) is 7.51. The van der Waals surface area contributed by atoms with Crippen LogP contribution in [-0.2, 0) is 11.8 Å². The third kappa shape index (κ3) is 5.58. The van der Waals surface area contributed by atoms with Crippen LogP contribution in [0.5, 0.6) is 5.75 Å². The van der Waals surface area contributed by atoms with E-state index in [1.54, 1.807) is 13.3 Å². The zero-order valence-corrected chi connectivity index (χ0v) is 19.6. The van der Waals surface area contributed by atoms with Gasteiger partial charge in [0.2, 0.25) is 0 Å². The molecule has 3 heterocycles. The Morgan fingerprint density at radius 1 is 1.32 bits per heavy atom. The number of carbonyl (C=O) groups is 1. The number of aliphatic carboxylic acids is 1. The molecule has 1 aliphatic rings. The van der Waals surface area contributed by atoms with Crippen LogP contribution in [0.2, 0.25) is 0 Å². The molecule has 178 valence electrons. The number of aryl methyl sites for hydroxylation is 1. The van der Waals surface area contributed by atoms with Crippen LogP contribution in [-0.4, -0.2) is 57.4 Å². The third-order valence-electron chi connectivity index (χ3n) is 6.68. The average molecular weight is 462 g/mol. The molecule has 0 unspecified atom stereocenters. The van der Waals surface area contributed by atoms with E-state index in [9.17, 15) is 15.0 Å². The minimum Gasteiger partial charge on any atom is -0.497 e. The third-order valence-corrected chi connectivity index (χ3v) is 6.68. The van der Waals surface area contributed by atoms with Gasteiger partial charge in [-0.3, -0.25) is 14.7 Å². The highest BCUT2D eigenvalue weighted by Crippen LogP contribution is 2.33. The molecular weight excluding hydrogens is 430 g/mol. The van der Waals surface area contributed by atoms with Crippen molar-refractivity contribution in [2.45, 2.75) is 25.4 Å². The summed E-state index contributed by atoms with van der Waals surface area (Å²) in [6, 6.07) is 9.40. The number of fused-ring (bicyclic) bond motifs is 1. The van der Waals surface area contributed by atoms with E-state index in [4.69, 9.17) is 4.74 Å². The van der Waals surface area contributed by atoms with Gasteiger partial charge in [0.05, 0.1) is 31.2 Å². The summed E-state index contributed by atoms with van der Waals surface area (Å²) in [7, 11) is 3.57. The number of benzene rings is 1. The molecule has 1 aliphatic heterocycles. The smallest absolute Gasteiger partial charge is 0.308 e. The summed E-state index contributed by atoms with van der Waals surface area (Å²) in [6.45, 7) is 1.84. The number of hydrogen-bond acceptors (Lipinski definition) is 5. The van der Waals surface area contributed by atoms with E-state index >= 15 is 0 Å². The van der Waals surface area contributed by atoms with Gasteiger partial charge >= 0.3 is 5.97 Å². The summed E-state index contributed by atoms with van der Waals surface area (Å²) in [5.74, 6) is 5.80. The first-order valence-electron chi connectivity index (χ1n) is 11.6. The summed E-state index contributed by atoms with van der Waals surface area (Å²) in [6.07, 6.45) is 6.85. The molecule has 7 heteroatoms. The lowest BCUT2D eigenvalue weighted by atomic mass is 9.81. The number of aliphatic hydroxyl groups excluding tert-OH is 1. The van der Waals surface area contributed by atoms with Gasteiger partial charge in [0, 0.05) is 43.1 Å². The molecule has 1 aromatic carbocycles. The normalized spacial score (nSPS) is 19.4. The summed E-state index contributed by atoms with van der Waals surface area (Å²) in [5.41, 5.74) is 2.55. The molecule has 1 saturated heterocycles. The summed E-state index contributed by atoms with van der Waals surface area (Å²) in [4.78, 5) is 18.5. The molecule has 3 atom stereocenters. The standard InChI is InChI=1S/C27H31N3O4/c1-29-14-10-19(17-29)4-3-13-30-15-11-20(24(18-30)27(32)33)5-8-26(31)22-9-12-28-25-7-6-21(34-2)16-23(22)25/h6-7,9-10,12,14,16-17,20,24,26,31H,5,8,11,13,15,18H2,1-2H3,(H,32,33)/t20-,24+,26+/m1/s1. The fourth-order valence-electron chi connectivity index (χ4n) is 4.76. The van der Waals surface area contributed by atoms with Gasteiger partial charge in [0.15, 0.2) is 0 Å². The summed E-state index contributed by atoms with van der Waals surface area (Å²) in [5, 5.41) is 21.7. The molecule has 4 rings (SSSR count). The number of hydrogen-bond donors (Lipinski definition) is 2. The summed E-state index contributed by atoms with van der Waals surface area (Å²) >= 11 is 0. The average Bonchev–Trinajstić information content (AvgIpc) is 3.26. The van der Waals surface area contributed by atoms with E-state index < -0.39 is 18.0 Å². The van der Waals surface area contributed by atoms with Gasteiger partial charge in [-0.1, -0.05) is 11.8 Å². The quantitative estimate of drug-likeness (QED) is 0.524. The number of rotatable bonds is 7. The zero-order chi connectivity index (χ0) is 24.1. The lowest BCUT2D eigenvalue weighted by Crippen LogP contribution is -2.44. The minimum atomic E-state index is -0.778. The Hall–Kier alpha value is -3.34. The predicted molar refractivity (Wildman–Crippen MR) is 130 cm³/mol. The van der Waals surface area contributed by atoms with Crippen molar-refractivity contribution in [1.82, 2.24) is 14.5 Å². The van der Waals surface area contributed by atoms with Crippen LogP contribution in [0.4, 0.5) is 0 Å². The fraction of sp³-hybridized carbons (Fsp3) is 0.407. The highest BCUT2D eigenvalue weighted by atomic mass is 16.5. The van der Waals surface area contributed by atoms with Gasteiger partial charge in [0.25, 0.3) is 0 Å². The molecule has 0 spiro atoms. The van der Waals surface area contributed by atoms with E-state index in [1.807, 2.05) is 54.3 Å². The maximum Gasteiger partial charge on any atom is 0.308 e. The van der Waals surface area contributed by atoms with E-state index in [-0.39, 0.29) is 5.92 Å². The van der Waals surface area contributed by atoms with Gasteiger partial charge in [-0.15, -0.1) is 0 Å². The highest BCUT2D eigenvalue weighted by Gasteiger charge is 2.34. The molecule has 0 saturated carbocycles. The Balaban J connectivity index is 1.38. The van der Waals surface area contributed by atoms with Crippen molar-refractivity contribution < 1.29 is 19.7 Å². The summed E-state index contributed by atoms with van der Waals surface area (Å²) < 4.78 is 7.28. The first kappa shape index (κ1) is 23.8. The largest absolute Gasteiger partial charge is 0.497 e. The van der Waals surface area contributed by atoms with Gasteiger partial charge in [0.1, 0.15) is 5.75 Å². The van der Waals surface area contributed by atoms with Crippen molar-refractivity contribution in [2.24, 2.45) is 18.9 Å². The second kappa shape index (κ2) is 10.7.